The van der Waals surface area contributed by atoms with Gasteiger partial charge >= 0.3 is 0 Å². The highest BCUT2D eigenvalue weighted by Crippen LogP contribution is 2.40. The predicted octanol–water partition coefficient (Wildman–Crippen LogP) is 5.56. The molecule has 3 aromatic rings. The van der Waals surface area contributed by atoms with Gasteiger partial charge in [0, 0.05) is 35.0 Å². The summed E-state index contributed by atoms with van der Waals surface area (Å²) >= 11 is 0. The van der Waals surface area contributed by atoms with Crippen molar-refractivity contribution in [2.45, 2.75) is 75.8 Å². The van der Waals surface area contributed by atoms with Crippen LogP contribution in [0.25, 0.3) is 22.4 Å². The summed E-state index contributed by atoms with van der Waals surface area (Å²) in [5, 5.41) is 15.1. The predicted molar refractivity (Wildman–Crippen MR) is 152 cm³/mol. The quantitative estimate of drug-likeness (QED) is 0.358. The van der Waals surface area contributed by atoms with Crippen LogP contribution in [0.15, 0.2) is 60.7 Å². The first kappa shape index (κ1) is 25.7. The summed E-state index contributed by atoms with van der Waals surface area (Å²) in [6.07, 6.45) is 9.50. The van der Waals surface area contributed by atoms with E-state index in [-0.39, 0.29) is 29.3 Å². The zero-order valence-electron chi connectivity index (χ0n) is 22.4. The van der Waals surface area contributed by atoms with Gasteiger partial charge in [0.25, 0.3) is 0 Å². The van der Waals surface area contributed by atoms with Crippen LogP contribution in [-0.4, -0.2) is 28.1 Å². The molecule has 3 aliphatic rings. The van der Waals surface area contributed by atoms with Crippen molar-refractivity contribution in [3.63, 3.8) is 0 Å². The third kappa shape index (κ3) is 5.88. The number of benzene rings is 2. The van der Waals surface area contributed by atoms with E-state index in [2.05, 4.69) is 45.1 Å². The molecule has 0 aliphatic heterocycles. The van der Waals surface area contributed by atoms with Crippen molar-refractivity contribution in [2.75, 3.05) is 5.32 Å². The van der Waals surface area contributed by atoms with Gasteiger partial charge in [-0.1, -0.05) is 54.6 Å². The van der Waals surface area contributed by atoms with E-state index in [1.54, 1.807) is 0 Å². The fourth-order valence-corrected chi connectivity index (χ4v) is 5.94. The van der Waals surface area contributed by atoms with E-state index in [0.717, 1.165) is 79.3 Å². The number of nitrogens with one attached hydrogen (secondary N) is 2. The molecule has 2 amide bonds. The Balaban J connectivity index is 1.13. The monoisotopic (exact) mass is 523 g/mol. The van der Waals surface area contributed by atoms with Gasteiger partial charge in [-0.3, -0.25) is 9.59 Å². The summed E-state index contributed by atoms with van der Waals surface area (Å²) in [5.41, 5.74) is 11.2. The maximum absolute atomic E-state index is 12.9. The first-order chi connectivity index (χ1) is 19.0. The molecule has 7 heteroatoms. The number of amides is 2. The van der Waals surface area contributed by atoms with Crippen LogP contribution >= 0.6 is 0 Å². The molecule has 7 nitrogen and oxygen atoms in total. The normalized spacial score (nSPS) is 22.0. The van der Waals surface area contributed by atoms with Crippen LogP contribution in [0.1, 0.15) is 69.8 Å². The van der Waals surface area contributed by atoms with Crippen molar-refractivity contribution in [3.8, 4) is 22.4 Å². The lowest BCUT2D eigenvalue weighted by molar-refractivity contribution is -0.123. The van der Waals surface area contributed by atoms with Crippen molar-refractivity contribution >= 4 is 17.6 Å². The minimum absolute atomic E-state index is 0.0420. The number of carbonyl (C=O) groups is 2. The van der Waals surface area contributed by atoms with Gasteiger partial charge in [-0.15, -0.1) is 10.2 Å². The van der Waals surface area contributed by atoms with Gasteiger partial charge < -0.3 is 16.4 Å². The van der Waals surface area contributed by atoms with Crippen LogP contribution in [0, 0.1) is 11.8 Å². The molecule has 0 saturated heterocycles. The summed E-state index contributed by atoms with van der Waals surface area (Å²) in [6.45, 7) is 0. The average Bonchev–Trinajstić information content (AvgIpc) is 3.79. The number of nitrogens with two attached hydrogens (primary N) is 1. The molecule has 1 aromatic heterocycles. The van der Waals surface area contributed by atoms with Crippen LogP contribution in [0.2, 0.25) is 0 Å². The van der Waals surface area contributed by atoms with Gasteiger partial charge in [0.1, 0.15) is 5.69 Å². The van der Waals surface area contributed by atoms with Crippen LogP contribution < -0.4 is 16.4 Å². The average molecular weight is 524 g/mol. The lowest BCUT2D eigenvalue weighted by Crippen LogP contribution is -2.43. The molecule has 3 aliphatic carbocycles. The molecule has 2 aromatic carbocycles. The summed E-state index contributed by atoms with van der Waals surface area (Å²) in [6, 6.07) is 20.6. The smallest absolute Gasteiger partial charge is 0.225 e. The van der Waals surface area contributed by atoms with E-state index in [9.17, 15) is 9.59 Å². The molecule has 202 valence electrons. The second-order valence-corrected chi connectivity index (χ2v) is 11.7. The maximum atomic E-state index is 12.9. The third-order valence-electron chi connectivity index (χ3n) is 8.74. The minimum Gasteiger partial charge on any atom is -0.353 e. The van der Waals surface area contributed by atoms with E-state index < -0.39 is 0 Å². The van der Waals surface area contributed by atoms with Crippen molar-refractivity contribution in [2.24, 2.45) is 17.6 Å². The molecule has 3 fully saturated rings. The standard InChI is InChI=1S/C32H37N5O2/c33-32(17-4-18-32)25-13-11-23(12-14-25)30-27(22-5-2-1-3-6-22)20-28(36-37-30)35-29(38)19-21-7-15-26(16-8-21)34-31(39)24-9-10-24/h1-3,5-6,11-14,20-21,24,26H,4,7-10,15-19,33H2,(H,34,39)(H,35,36,38). The minimum atomic E-state index is -0.204. The molecule has 0 atom stereocenters. The van der Waals surface area contributed by atoms with E-state index in [1.165, 1.54) is 6.42 Å². The van der Waals surface area contributed by atoms with E-state index in [1.807, 2.05) is 36.4 Å². The van der Waals surface area contributed by atoms with Gasteiger partial charge in [0.2, 0.25) is 11.8 Å². The Hall–Kier alpha value is -3.58. The fourth-order valence-electron chi connectivity index (χ4n) is 5.94. The maximum Gasteiger partial charge on any atom is 0.225 e. The Bertz CT molecular complexity index is 1320. The Kier molecular flexibility index (Phi) is 7.17. The zero-order chi connectivity index (χ0) is 26.8. The summed E-state index contributed by atoms with van der Waals surface area (Å²) < 4.78 is 0. The lowest BCUT2D eigenvalue weighted by Gasteiger charge is -2.38. The lowest BCUT2D eigenvalue weighted by atomic mass is 9.72. The summed E-state index contributed by atoms with van der Waals surface area (Å²) in [7, 11) is 0. The Morgan fingerprint density at radius 3 is 2.23 bits per heavy atom. The van der Waals surface area contributed by atoms with E-state index >= 15 is 0 Å². The van der Waals surface area contributed by atoms with Crippen LogP contribution in [0.4, 0.5) is 5.82 Å². The van der Waals surface area contributed by atoms with Crippen LogP contribution in [0.5, 0.6) is 0 Å². The SMILES string of the molecule is NC1(c2ccc(-c3nnc(NC(=O)CC4CCC(NC(=O)C5CC5)CC4)cc3-c3ccccc3)cc2)CCC1. The molecule has 0 radical (unpaired) electrons. The molecule has 0 unspecified atom stereocenters. The number of hydrogen-bond acceptors (Lipinski definition) is 5. The molecular weight excluding hydrogens is 486 g/mol. The highest BCUT2D eigenvalue weighted by atomic mass is 16.2. The van der Waals surface area contributed by atoms with Gasteiger partial charge in [-0.2, -0.15) is 0 Å². The van der Waals surface area contributed by atoms with E-state index in [0.29, 0.717) is 18.2 Å². The molecule has 0 bridgehead atoms. The Labute approximate surface area is 230 Å². The molecule has 6 rings (SSSR count). The number of nitrogens with zero attached hydrogens (tertiary/aromatic N) is 2. The summed E-state index contributed by atoms with van der Waals surface area (Å²) in [4.78, 5) is 25.0. The number of aromatic nitrogens is 2. The Morgan fingerprint density at radius 1 is 0.872 bits per heavy atom. The first-order valence-corrected chi connectivity index (χ1v) is 14.4. The molecule has 3 saturated carbocycles. The number of carbonyl (C=O) groups excluding carboxylic acids is 2. The topological polar surface area (TPSA) is 110 Å². The molecule has 4 N–H and O–H groups in total. The number of rotatable bonds is 8. The number of anilines is 1. The van der Waals surface area contributed by atoms with Gasteiger partial charge in [-0.25, -0.2) is 0 Å². The fraction of sp³-hybridized carbons (Fsp3) is 0.438. The second-order valence-electron chi connectivity index (χ2n) is 11.7. The van der Waals surface area contributed by atoms with Crippen LogP contribution in [-0.2, 0) is 15.1 Å². The first-order valence-electron chi connectivity index (χ1n) is 14.4. The zero-order valence-corrected chi connectivity index (χ0v) is 22.4. The summed E-state index contributed by atoms with van der Waals surface area (Å²) in [5.74, 6) is 1.19. The Morgan fingerprint density at radius 2 is 1.59 bits per heavy atom. The highest BCUT2D eigenvalue weighted by Gasteiger charge is 2.34. The van der Waals surface area contributed by atoms with Crippen molar-refractivity contribution in [1.29, 1.82) is 0 Å². The van der Waals surface area contributed by atoms with Crippen LogP contribution in [0.3, 0.4) is 0 Å². The molecule has 39 heavy (non-hydrogen) atoms. The molecule has 1 heterocycles. The van der Waals surface area contributed by atoms with E-state index in [4.69, 9.17) is 5.73 Å². The van der Waals surface area contributed by atoms with Gasteiger partial charge in [0.05, 0.1) is 0 Å². The largest absolute Gasteiger partial charge is 0.353 e. The second kappa shape index (κ2) is 10.9. The van der Waals surface area contributed by atoms with Crippen molar-refractivity contribution < 1.29 is 9.59 Å². The van der Waals surface area contributed by atoms with Crippen molar-refractivity contribution in [1.82, 2.24) is 15.5 Å². The molecular formula is C32H37N5O2. The van der Waals surface area contributed by atoms with Gasteiger partial charge in [0.15, 0.2) is 5.82 Å². The third-order valence-corrected chi connectivity index (χ3v) is 8.74. The number of hydrogen-bond donors (Lipinski definition) is 3. The molecule has 0 spiro atoms. The van der Waals surface area contributed by atoms with Crippen molar-refractivity contribution in [3.05, 3.63) is 66.2 Å². The highest BCUT2D eigenvalue weighted by molar-refractivity contribution is 5.91. The van der Waals surface area contributed by atoms with Gasteiger partial charge in [-0.05, 0) is 80.9 Å².